The maximum absolute atomic E-state index is 5.97. The van der Waals surface area contributed by atoms with Crippen molar-refractivity contribution >= 4 is 5.82 Å². The van der Waals surface area contributed by atoms with Crippen LogP contribution in [0.4, 0.5) is 5.82 Å². The average molecular weight is 272 g/mol. The van der Waals surface area contributed by atoms with Gasteiger partial charge in [0.15, 0.2) is 5.82 Å². The van der Waals surface area contributed by atoms with Crippen molar-refractivity contribution in [3.05, 3.63) is 35.5 Å². The first-order valence-electron chi connectivity index (χ1n) is 7.24. The van der Waals surface area contributed by atoms with Gasteiger partial charge in [-0.1, -0.05) is 51.5 Å². The number of nitrogen functional groups attached to an aromatic ring is 1. The van der Waals surface area contributed by atoms with Gasteiger partial charge in [0.05, 0.1) is 11.4 Å². The number of unbranched alkanes of at least 4 members (excludes halogenated alkanes) is 1. The number of hydrogen-bond donors (Lipinski definition) is 1. The van der Waals surface area contributed by atoms with Crippen molar-refractivity contribution in [2.24, 2.45) is 0 Å². The Bertz CT molecular complexity index is 561. The highest BCUT2D eigenvalue weighted by molar-refractivity contribution is 5.44. The van der Waals surface area contributed by atoms with Crippen molar-refractivity contribution in [2.75, 3.05) is 5.73 Å². The molecule has 0 radical (unpaired) electrons. The van der Waals surface area contributed by atoms with Crippen LogP contribution in [0.3, 0.4) is 0 Å². The summed E-state index contributed by atoms with van der Waals surface area (Å²) >= 11 is 0. The molecule has 20 heavy (non-hydrogen) atoms. The van der Waals surface area contributed by atoms with Crippen molar-refractivity contribution < 1.29 is 0 Å². The molecule has 0 amide bonds. The van der Waals surface area contributed by atoms with E-state index in [0.717, 1.165) is 17.8 Å². The topological polar surface area (TPSA) is 56.7 Å². The fourth-order valence-electron chi connectivity index (χ4n) is 2.36. The molecule has 0 unspecified atom stereocenters. The third-order valence-electron chi connectivity index (χ3n) is 3.41. The molecule has 0 bridgehead atoms. The summed E-state index contributed by atoms with van der Waals surface area (Å²) in [6, 6.07) is 8.51. The molecule has 0 spiro atoms. The van der Waals surface area contributed by atoms with E-state index in [4.69, 9.17) is 5.73 Å². The molecule has 2 N–H and O–H groups in total. The van der Waals surface area contributed by atoms with Crippen LogP contribution in [0.25, 0.3) is 5.69 Å². The summed E-state index contributed by atoms with van der Waals surface area (Å²) in [6.07, 6.45) is 3.57. The van der Waals surface area contributed by atoms with E-state index in [1.165, 1.54) is 18.4 Å². The Hall–Kier alpha value is -1.84. The summed E-state index contributed by atoms with van der Waals surface area (Å²) in [5.74, 6) is 0.507. The molecule has 0 fully saturated rings. The third-order valence-corrected chi connectivity index (χ3v) is 3.41. The Balaban J connectivity index is 2.33. The van der Waals surface area contributed by atoms with Crippen molar-refractivity contribution in [3.63, 3.8) is 0 Å². The van der Waals surface area contributed by atoms with Crippen LogP contribution in [0.15, 0.2) is 24.3 Å². The Morgan fingerprint density at radius 3 is 2.35 bits per heavy atom. The summed E-state index contributed by atoms with van der Waals surface area (Å²) < 4.78 is 1.85. The van der Waals surface area contributed by atoms with E-state index >= 15 is 0 Å². The van der Waals surface area contributed by atoms with E-state index < -0.39 is 0 Å². The van der Waals surface area contributed by atoms with E-state index in [1.54, 1.807) is 0 Å². The molecule has 1 aromatic heterocycles. The van der Waals surface area contributed by atoms with Gasteiger partial charge in [-0.2, -0.15) is 0 Å². The summed E-state index contributed by atoms with van der Waals surface area (Å²) in [4.78, 5) is 0. The van der Waals surface area contributed by atoms with E-state index in [1.807, 2.05) is 4.68 Å². The number of aromatic nitrogens is 3. The Labute approximate surface area is 121 Å². The molecule has 0 aliphatic carbocycles. The van der Waals surface area contributed by atoms with Crippen LogP contribution in [0.5, 0.6) is 0 Å². The van der Waals surface area contributed by atoms with Crippen LogP contribution in [0.2, 0.25) is 0 Å². The van der Waals surface area contributed by atoms with E-state index in [0.29, 0.717) is 5.82 Å². The molecule has 2 rings (SSSR count). The minimum absolute atomic E-state index is 0.0888. The van der Waals surface area contributed by atoms with Gasteiger partial charge >= 0.3 is 0 Å². The number of anilines is 1. The molecule has 0 saturated heterocycles. The van der Waals surface area contributed by atoms with Gasteiger partial charge in [0, 0.05) is 5.41 Å². The van der Waals surface area contributed by atoms with E-state index in [2.05, 4.69) is 62.3 Å². The van der Waals surface area contributed by atoms with Crippen LogP contribution >= 0.6 is 0 Å². The molecular formula is C16H24N4. The number of nitrogens with two attached hydrogens (primary N) is 1. The highest BCUT2D eigenvalue weighted by Gasteiger charge is 2.24. The van der Waals surface area contributed by atoms with E-state index in [-0.39, 0.29) is 5.41 Å². The number of hydrogen-bond acceptors (Lipinski definition) is 3. The quantitative estimate of drug-likeness (QED) is 0.927. The average Bonchev–Trinajstić information content (AvgIpc) is 2.79. The molecule has 0 aliphatic heterocycles. The maximum atomic E-state index is 5.97. The first-order valence-corrected chi connectivity index (χ1v) is 7.24. The zero-order valence-electron chi connectivity index (χ0n) is 12.8. The lowest BCUT2D eigenvalue weighted by Crippen LogP contribution is -2.19. The van der Waals surface area contributed by atoms with Crippen molar-refractivity contribution in [1.82, 2.24) is 15.0 Å². The van der Waals surface area contributed by atoms with Crippen molar-refractivity contribution in [2.45, 2.75) is 52.4 Å². The molecule has 4 heteroatoms. The van der Waals surface area contributed by atoms with Gasteiger partial charge in [-0.3, -0.25) is 0 Å². The fraction of sp³-hybridized carbons (Fsp3) is 0.500. The summed E-state index contributed by atoms with van der Waals surface area (Å²) in [6.45, 7) is 8.57. The lowest BCUT2D eigenvalue weighted by molar-refractivity contribution is 0.544. The highest BCUT2D eigenvalue weighted by atomic mass is 15.4. The molecule has 2 aromatic rings. The summed E-state index contributed by atoms with van der Waals surface area (Å²) in [5.41, 5.74) is 9.21. The highest BCUT2D eigenvalue weighted by Crippen LogP contribution is 2.28. The second-order valence-electron chi connectivity index (χ2n) is 6.26. The standard InChI is InChI=1S/C16H24N4/c1-5-6-7-12-8-10-13(11-9-12)20-14(16(2,3)4)15(17)18-19-20/h8-11H,5-7,17H2,1-4H3. The molecule has 0 saturated carbocycles. The van der Waals surface area contributed by atoms with Gasteiger partial charge in [0.1, 0.15) is 0 Å². The van der Waals surface area contributed by atoms with Crippen molar-refractivity contribution in [1.29, 1.82) is 0 Å². The lowest BCUT2D eigenvalue weighted by Gasteiger charge is -2.20. The molecule has 4 nitrogen and oxygen atoms in total. The summed E-state index contributed by atoms with van der Waals surface area (Å²) in [5, 5.41) is 8.21. The summed E-state index contributed by atoms with van der Waals surface area (Å²) in [7, 11) is 0. The van der Waals surface area contributed by atoms with Gasteiger partial charge in [0.2, 0.25) is 0 Å². The molecule has 0 atom stereocenters. The normalized spacial score (nSPS) is 11.8. The molecule has 1 heterocycles. The van der Waals surface area contributed by atoms with Crippen LogP contribution in [-0.2, 0) is 11.8 Å². The van der Waals surface area contributed by atoms with Gasteiger partial charge in [-0.15, -0.1) is 5.10 Å². The first kappa shape index (κ1) is 14.6. The largest absolute Gasteiger partial charge is 0.381 e. The number of aryl methyl sites for hydroxylation is 1. The van der Waals surface area contributed by atoms with Gasteiger partial charge in [-0.05, 0) is 30.5 Å². The zero-order chi connectivity index (χ0) is 14.8. The third kappa shape index (κ3) is 3.00. The SMILES string of the molecule is CCCCc1ccc(-n2nnc(N)c2C(C)(C)C)cc1. The fourth-order valence-corrected chi connectivity index (χ4v) is 2.36. The Morgan fingerprint density at radius 1 is 1.15 bits per heavy atom. The minimum atomic E-state index is -0.0888. The van der Waals surface area contributed by atoms with Gasteiger partial charge in [0.25, 0.3) is 0 Å². The number of nitrogens with zero attached hydrogens (tertiary/aromatic N) is 3. The monoisotopic (exact) mass is 272 g/mol. The number of benzene rings is 1. The van der Waals surface area contributed by atoms with Crippen LogP contribution in [-0.4, -0.2) is 15.0 Å². The van der Waals surface area contributed by atoms with E-state index in [9.17, 15) is 0 Å². The van der Waals surface area contributed by atoms with Crippen molar-refractivity contribution in [3.8, 4) is 5.69 Å². The molecule has 1 aromatic carbocycles. The maximum Gasteiger partial charge on any atom is 0.170 e. The Kier molecular flexibility index (Phi) is 4.12. The lowest BCUT2D eigenvalue weighted by atomic mass is 9.91. The molecule has 0 aliphatic rings. The van der Waals surface area contributed by atoms with Crippen LogP contribution in [0, 0.1) is 0 Å². The smallest absolute Gasteiger partial charge is 0.170 e. The zero-order valence-corrected chi connectivity index (χ0v) is 12.8. The second-order valence-corrected chi connectivity index (χ2v) is 6.26. The van der Waals surface area contributed by atoms with Crippen LogP contribution in [0.1, 0.15) is 51.8 Å². The first-order chi connectivity index (χ1) is 9.43. The second kappa shape index (κ2) is 5.65. The minimum Gasteiger partial charge on any atom is -0.381 e. The number of rotatable bonds is 4. The molecule has 108 valence electrons. The van der Waals surface area contributed by atoms with Gasteiger partial charge < -0.3 is 5.73 Å². The van der Waals surface area contributed by atoms with Gasteiger partial charge in [-0.25, -0.2) is 4.68 Å². The predicted molar refractivity (Wildman–Crippen MR) is 83.1 cm³/mol. The Morgan fingerprint density at radius 2 is 1.80 bits per heavy atom. The molecular weight excluding hydrogens is 248 g/mol. The predicted octanol–water partition coefficient (Wildman–Crippen LogP) is 3.49. The van der Waals surface area contributed by atoms with Crippen LogP contribution < -0.4 is 5.73 Å².